The second-order valence-electron chi connectivity index (χ2n) is 7.16. The van der Waals surface area contributed by atoms with Crippen LogP contribution in [0.4, 0.5) is 0 Å². The van der Waals surface area contributed by atoms with E-state index in [0.29, 0.717) is 5.56 Å². The van der Waals surface area contributed by atoms with Gasteiger partial charge < -0.3 is 15.4 Å². The van der Waals surface area contributed by atoms with Crippen LogP contribution >= 0.6 is 0 Å². The standard InChI is InChI=1S/C12H13NO3.C7H13N.C2H6.C2H4/c1-16-11(15)9-2-4-10(5-3-9)12(6-7-12)13-8-14;1-2-7(1)3-5-8-6-4-7;2*1-2/h2-5,8H,6-7H2,1H3,(H,13,14);8H,1-6H2;1-2H3;1-2H2. The molecule has 2 aliphatic carbocycles. The number of hydrogen-bond acceptors (Lipinski definition) is 4. The van der Waals surface area contributed by atoms with E-state index in [-0.39, 0.29) is 11.5 Å². The molecule has 1 aliphatic heterocycles. The number of nitrogens with one attached hydrogen (secondary N) is 2. The molecule has 4 rings (SSSR count). The van der Waals surface area contributed by atoms with E-state index in [1.165, 1.54) is 45.9 Å². The largest absolute Gasteiger partial charge is 0.465 e. The van der Waals surface area contributed by atoms with Crippen LogP contribution in [0.5, 0.6) is 0 Å². The van der Waals surface area contributed by atoms with E-state index < -0.39 is 0 Å². The van der Waals surface area contributed by atoms with Crippen molar-refractivity contribution in [2.75, 3.05) is 20.2 Å². The van der Waals surface area contributed by atoms with Crippen LogP contribution in [0.15, 0.2) is 37.4 Å². The summed E-state index contributed by atoms with van der Waals surface area (Å²) < 4.78 is 4.61. The SMILES string of the molecule is C1CC2(CCN1)CC2.C=C.CC.COC(=O)c1ccc(C2(NC=O)CC2)cc1. The van der Waals surface area contributed by atoms with Crippen LogP contribution in [0, 0.1) is 5.41 Å². The minimum Gasteiger partial charge on any atom is -0.465 e. The quantitative estimate of drug-likeness (QED) is 0.461. The Labute approximate surface area is 169 Å². The smallest absolute Gasteiger partial charge is 0.337 e. The van der Waals surface area contributed by atoms with Gasteiger partial charge in [-0.15, -0.1) is 13.2 Å². The number of benzene rings is 1. The van der Waals surface area contributed by atoms with Crippen LogP contribution in [0.25, 0.3) is 0 Å². The maximum Gasteiger partial charge on any atom is 0.337 e. The molecule has 156 valence electrons. The van der Waals surface area contributed by atoms with Gasteiger partial charge in [0.1, 0.15) is 0 Å². The lowest BCUT2D eigenvalue weighted by molar-refractivity contribution is -0.110. The molecule has 1 saturated heterocycles. The summed E-state index contributed by atoms with van der Waals surface area (Å²) in [6, 6.07) is 7.15. The van der Waals surface area contributed by atoms with Crippen LogP contribution in [-0.4, -0.2) is 32.6 Å². The monoisotopic (exact) mass is 388 g/mol. The molecule has 2 N–H and O–H groups in total. The van der Waals surface area contributed by atoms with Gasteiger partial charge in [0.25, 0.3) is 0 Å². The predicted octanol–water partition coefficient (Wildman–Crippen LogP) is 4.19. The number of piperidine rings is 1. The molecule has 1 aromatic carbocycles. The third-order valence-corrected chi connectivity index (χ3v) is 5.57. The van der Waals surface area contributed by atoms with Crippen molar-refractivity contribution in [3.8, 4) is 0 Å². The highest BCUT2D eigenvalue weighted by molar-refractivity contribution is 5.89. The van der Waals surface area contributed by atoms with Crippen molar-refractivity contribution >= 4 is 12.4 Å². The van der Waals surface area contributed by atoms with E-state index in [1.807, 2.05) is 26.0 Å². The molecular formula is C23H36N2O3. The molecular weight excluding hydrogens is 352 g/mol. The highest BCUT2D eigenvalue weighted by Gasteiger charge is 2.44. The molecule has 1 spiro atoms. The molecule has 5 nitrogen and oxygen atoms in total. The summed E-state index contributed by atoms with van der Waals surface area (Å²) in [5, 5.41) is 6.20. The third-order valence-electron chi connectivity index (χ3n) is 5.57. The minimum atomic E-state index is -0.347. The summed E-state index contributed by atoms with van der Waals surface area (Å²) in [4.78, 5) is 21.7. The molecule has 3 aliphatic rings. The van der Waals surface area contributed by atoms with Gasteiger partial charge in [0.15, 0.2) is 0 Å². The van der Waals surface area contributed by atoms with Crippen LogP contribution in [0.1, 0.15) is 68.3 Å². The summed E-state index contributed by atoms with van der Waals surface area (Å²) in [7, 11) is 1.35. The molecule has 28 heavy (non-hydrogen) atoms. The Morgan fingerprint density at radius 2 is 1.57 bits per heavy atom. The summed E-state index contributed by atoms with van der Waals surface area (Å²) in [6.45, 7) is 12.6. The van der Waals surface area contributed by atoms with Crippen molar-refractivity contribution in [2.45, 2.75) is 57.9 Å². The highest BCUT2D eigenvalue weighted by Crippen LogP contribution is 2.52. The lowest BCUT2D eigenvalue weighted by atomic mass is 9.95. The van der Waals surface area contributed by atoms with Gasteiger partial charge in [-0.25, -0.2) is 4.79 Å². The van der Waals surface area contributed by atoms with Crippen molar-refractivity contribution in [3.05, 3.63) is 48.6 Å². The van der Waals surface area contributed by atoms with Gasteiger partial charge in [-0.3, -0.25) is 4.79 Å². The maximum atomic E-state index is 11.2. The van der Waals surface area contributed by atoms with Crippen LogP contribution in [0.3, 0.4) is 0 Å². The normalized spacial score (nSPS) is 19.1. The molecule has 0 aromatic heterocycles. The summed E-state index contributed by atoms with van der Waals surface area (Å²) in [5.41, 5.74) is 2.22. The lowest BCUT2D eigenvalue weighted by Crippen LogP contribution is -2.28. The minimum absolute atomic E-state index is 0.198. The molecule has 5 heteroatoms. The van der Waals surface area contributed by atoms with Gasteiger partial charge in [-0.2, -0.15) is 0 Å². The zero-order valence-electron chi connectivity index (χ0n) is 17.7. The summed E-state index contributed by atoms with van der Waals surface area (Å²) >= 11 is 0. The molecule has 0 bridgehead atoms. The second kappa shape index (κ2) is 11.6. The van der Waals surface area contributed by atoms with Crippen molar-refractivity contribution in [1.29, 1.82) is 0 Å². The van der Waals surface area contributed by atoms with E-state index in [0.717, 1.165) is 30.2 Å². The second-order valence-corrected chi connectivity index (χ2v) is 7.16. The van der Waals surface area contributed by atoms with Crippen molar-refractivity contribution in [3.63, 3.8) is 0 Å². The van der Waals surface area contributed by atoms with E-state index in [2.05, 4.69) is 28.5 Å². The molecule has 2 saturated carbocycles. The fourth-order valence-electron chi connectivity index (χ4n) is 3.43. The van der Waals surface area contributed by atoms with Crippen LogP contribution < -0.4 is 10.6 Å². The first-order valence-electron chi connectivity index (χ1n) is 10.2. The van der Waals surface area contributed by atoms with Crippen LogP contribution in [-0.2, 0) is 15.1 Å². The number of hydrogen-bond donors (Lipinski definition) is 2. The van der Waals surface area contributed by atoms with Crippen LogP contribution in [0.2, 0.25) is 0 Å². The van der Waals surface area contributed by atoms with E-state index in [1.54, 1.807) is 12.1 Å². The van der Waals surface area contributed by atoms with Gasteiger partial charge in [0.05, 0.1) is 18.2 Å². The fourth-order valence-corrected chi connectivity index (χ4v) is 3.43. The lowest BCUT2D eigenvalue weighted by Gasteiger charge is -2.20. The Balaban J connectivity index is 0.000000272. The average Bonchev–Trinajstić information content (AvgIpc) is 3.71. The molecule has 0 unspecified atom stereocenters. The van der Waals surface area contributed by atoms with Crippen molar-refractivity contribution < 1.29 is 14.3 Å². The van der Waals surface area contributed by atoms with Gasteiger partial charge in [-0.05, 0) is 74.7 Å². The zero-order valence-corrected chi connectivity index (χ0v) is 17.7. The topological polar surface area (TPSA) is 67.4 Å². The maximum absolute atomic E-state index is 11.2. The zero-order chi connectivity index (χ0) is 21.0. The third kappa shape index (κ3) is 6.48. The Kier molecular flexibility index (Phi) is 9.94. The number of carbonyl (C=O) groups is 2. The molecule has 1 heterocycles. The number of amides is 1. The van der Waals surface area contributed by atoms with Gasteiger partial charge in [0, 0.05) is 0 Å². The van der Waals surface area contributed by atoms with Gasteiger partial charge in [-0.1, -0.05) is 26.0 Å². The molecule has 1 aromatic rings. The van der Waals surface area contributed by atoms with Crippen molar-refractivity contribution in [2.24, 2.45) is 5.41 Å². The van der Waals surface area contributed by atoms with E-state index in [4.69, 9.17) is 0 Å². The van der Waals surface area contributed by atoms with Gasteiger partial charge in [0.2, 0.25) is 6.41 Å². The fraction of sp³-hybridized carbons (Fsp3) is 0.565. The number of esters is 1. The summed E-state index contributed by atoms with van der Waals surface area (Å²) in [5.74, 6) is -0.347. The number of rotatable bonds is 4. The number of carbonyl (C=O) groups excluding carboxylic acids is 2. The summed E-state index contributed by atoms with van der Waals surface area (Å²) in [6.07, 6.45) is 8.57. The first kappa shape index (κ1) is 23.9. The molecule has 1 amide bonds. The highest BCUT2D eigenvalue weighted by atomic mass is 16.5. The number of ether oxygens (including phenoxy) is 1. The molecule has 3 fully saturated rings. The first-order chi connectivity index (χ1) is 13.6. The van der Waals surface area contributed by atoms with E-state index >= 15 is 0 Å². The predicted molar refractivity (Wildman–Crippen MR) is 114 cm³/mol. The van der Waals surface area contributed by atoms with Crippen molar-refractivity contribution in [1.82, 2.24) is 10.6 Å². The number of methoxy groups -OCH3 is 1. The Hall–Kier alpha value is -2.14. The van der Waals surface area contributed by atoms with Gasteiger partial charge >= 0.3 is 5.97 Å². The first-order valence-corrected chi connectivity index (χ1v) is 10.2. The Morgan fingerprint density at radius 3 is 1.93 bits per heavy atom. The molecule has 0 atom stereocenters. The molecule has 0 radical (unpaired) electrons. The average molecular weight is 389 g/mol. The Bertz CT molecular complexity index is 597. The Morgan fingerprint density at radius 1 is 1.04 bits per heavy atom. The van der Waals surface area contributed by atoms with E-state index in [9.17, 15) is 9.59 Å².